The Bertz CT molecular complexity index is 1270. The van der Waals surface area contributed by atoms with Gasteiger partial charge in [-0.3, -0.25) is 20.0 Å². The van der Waals surface area contributed by atoms with Crippen molar-refractivity contribution in [2.75, 3.05) is 38.6 Å². The number of anilines is 1. The van der Waals surface area contributed by atoms with Crippen LogP contribution < -0.4 is 15.8 Å². The standard InChI is InChI=1S/C33H48N6O4/c1-7-8-22(2)43-33(41)36-29-14-11-27(21-30(29)42-6)31(34)32-23(3)35-15-16-39(32)24(4)26-9-12-28(13-10-26)38-19-17-37(18-20-38)25(5)40/h11,14-16,21-22,26,28H,4,7-10,12-13,17-20,34H2,1-3,5-6H3,(H,36,41)/b32-31-/t22?,26-,28+. The molecule has 3 aliphatic rings. The van der Waals surface area contributed by atoms with Gasteiger partial charge in [-0.1, -0.05) is 26.0 Å². The van der Waals surface area contributed by atoms with Crippen LogP contribution in [0.2, 0.25) is 0 Å². The maximum absolute atomic E-state index is 12.4. The number of aliphatic imine (C=N–C) groups is 1. The van der Waals surface area contributed by atoms with Crippen molar-refractivity contribution in [3.8, 4) is 5.75 Å². The number of benzene rings is 1. The van der Waals surface area contributed by atoms with Gasteiger partial charge in [0.25, 0.3) is 0 Å². The van der Waals surface area contributed by atoms with Crippen molar-refractivity contribution >= 4 is 29.1 Å². The lowest BCUT2D eigenvalue weighted by molar-refractivity contribution is -0.131. The van der Waals surface area contributed by atoms with Crippen LogP contribution in [0.3, 0.4) is 0 Å². The Morgan fingerprint density at radius 2 is 1.86 bits per heavy atom. The average Bonchev–Trinajstić information content (AvgIpc) is 3.00. The zero-order valence-corrected chi connectivity index (χ0v) is 26.4. The highest BCUT2D eigenvalue weighted by Crippen LogP contribution is 2.37. The highest BCUT2D eigenvalue weighted by molar-refractivity contribution is 6.05. The molecule has 0 bridgehead atoms. The largest absolute Gasteiger partial charge is 0.495 e. The van der Waals surface area contributed by atoms with E-state index < -0.39 is 6.09 Å². The van der Waals surface area contributed by atoms with Crippen LogP contribution in [0, 0.1) is 5.92 Å². The Morgan fingerprint density at radius 1 is 1.16 bits per heavy atom. The van der Waals surface area contributed by atoms with Gasteiger partial charge >= 0.3 is 6.09 Å². The van der Waals surface area contributed by atoms with Gasteiger partial charge in [0.2, 0.25) is 5.91 Å². The lowest BCUT2D eigenvalue weighted by atomic mass is 9.82. The number of carbonyl (C=O) groups is 2. The van der Waals surface area contributed by atoms with Gasteiger partial charge < -0.3 is 25.0 Å². The molecular weight excluding hydrogens is 544 g/mol. The fraction of sp³-hybridized carbons (Fsp3) is 0.545. The predicted octanol–water partition coefficient (Wildman–Crippen LogP) is 5.54. The zero-order chi connectivity index (χ0) is 31.1. The maximum atomic E-state index is 12.4. The molecule has 10 heteroatoms. The molecule has 1 aromatic carbocycles. The molecule has 234 valence electrons. The molecule has 1 saturated carbocycles. The number of rotatable bonds is 9. The van der Waals surface area contributed by atoms with Gasteiger partial charge in [0, 0.05) is 62.8 Å². The van der Waals surface area contributed by atoms with Crippen LogP contribution in [-0.2, 0) is 9.53 Å². The third-order valence-electron chi connectivity index (χ3n) is 8.83. The van der Waals surface area contributed by atoms with Crippen molar-refractivity contribution in [3.63, 3.8) is 0 Å². The molecule has 0 aromatic heterocycles. The van der Waals surface area contributed by atoms with E-state index >= 15 is 0 Å². The molecule has 1 aromatic rings. The normalized spacial score (nSPS) is 22.9. The maximum Gasteiger partial charge on any atom is 0.412 e. The molecule has 2 amide bonds. The topological polar surface area (TPSA) is 113 Å². The van der Waals surface area contributed by atoms with Crippen molar-refractivity contribution in [3.05, 3.63) is 54.1 Å². The Hall–Kier alpha value is -3.79. The second kappa shape index (κ2) is 14.6. The SMILES string of the molecule is C=C([C@H]1CC[C@@H](N2CCN(C(C)=O)CC2)CC1)N1C=CN=C(C)/C1=C(/N)c1ccc(NC(=O)OC(C)CCC)c(OC)c1. The number of methoxy groups -OCH3 is 1. The fourth-order valence-electron chi connectivity index (χ4n) is 6.34. The molecule has 2 aliphatic heterocycles. The molecule has 0 spiro atoms. The van der Waals surface area contributed by atoms with Crippen LogP contribution in [-0.4, -0.2) is 77.8 Å². The molecule has 1 unspecified atom stereocenters. The first kappa shape index (κ1) is 32.1. The van der Waals surface area contributed by atoms with Crippen molar-refractivity contribution < 1.29 is 19.1 Å². The van der Waals surface area contributed by atoms with Crippen LogP contribution in [0.15, 0.2) is 53.6 Å². The average molecular weight is 593 g/mol. The van der Waals surface area contributed by atoms with E-state index in [2.05, 4.69) is 33.6 Å². The molecule has 2 heterocycles. The van der Waals surface area contributed by atoms with Gasteiger partial charge in [-0.2, -0.15) is 0 Å². The molecule has 1 saturated heterocycles. The Balaban J connectivity index is 1.45. The quantitative estimate of drug-likeness (QED) is 0.387. The van der Waals surface area contributed by atoms with Gasteiger partial charge in [-0.05, 0) is 64.0 Å². The number of nitrogens with zero attached hydrogens (tertiary/aromatic N) is 4. The lowest BCUT2D eigenvalue weighted by Gasteiger charge is -2.43. The first-order valence-electron chi connectivity index (χ1n) is 15.5. The lowest BCUT2D eigenvalue weighted by Crippen LogP contribution is -2.52. The van der Waals surface area contributed by atoms with E-state index in [-0.39, 0.29) is 12.0 Å². The van der Waals surface area contributed by atoms with E-state index in [0.29, 0.717) is 29.1 Å². The van der Waals surface area contributed by atoms with E-state index in [1.165, 1.54) is 0 Å². The summed E-state index contributed by atoms with van der Waals surface area (Å²) in [6.45, 7) is 15.6. The summed E-state index contributed by atoms with van der Waals surface area (Å²) in [6.07, 6.45) is 9.07. The summed E-state index contributed by atoms with van der Waals surface area (Å²) in [5.41, 5.74) is 11.2. The van der Waals surface area contributed by atoms with Crippen LogP contribution in [0.1, 0.15) is 71.8 Å². The van der Waals surface area contributed by atoms with Crippen molar-refractivity contribution in [1.82, 2.24) is 14.7 Å². The summed E-state index contributed by atoms with van der Waals surface area (Å²) < 4.78 is 11.0. The van der Waals surface area contributed by atoms with Crippen molar-refractivity contribution in [1.29, 1.82) is 0 Å². The number of allylic oxidation sites excluding steroid dienone is 2. The molecule has 43 heavy (non-hydrogen) atoms. The van der Waals surface area contributed by atoms with E-state index in [0.717, 1.165) is 87.4 Å². The summed E-state index contributed by atoms with van der Waals surface area (Å²) in [7, 11) is 1.56. The molecular formula is C33H48N6O4. The minimum atomic E-state index is -0.519. The number of hydrogen-bond acceptors (Lipinski definition) is 8. The summed E-state index contributed by atoms with van der Waals surface area (Å²) in [5.74, 6) is 0.977. The number of nitrogens with one attached hydrogen (secondary N) is 1. The zero-order valence-electron chi connectivity index (χ0n) is 26.4. The number of carbonyl (C=O) groups excluding carboxylic acids is 2. The minimum absolute atomic E-state index is 0.166. The van der Waals surface area contributed by atoms with Crippen LogP contribution >= 0.6 is 0 Å². The summed E-state index contributed by atoms with van der Waals surface area (Å²) in [5, 5.41) is 2.79. The third-order valence-corrected chi connectivity index (χ3v) is 8.83. The second-order valence-electron chi connectivity index (χ2n) is 11.7. The van der Waals surface area contributed by atoms with E-state index in [4.69, 9.17) is 15.2 Å². The highest BCUT2D eigenvalue weighted by atomic mass is 16.6. The first-order chi connectivity index (χ1) is 20.6. The molecule has 1 aliphatic carbocycles. The molecule has 10 nitrogen and oxygen atoms in total. The second-order valence-corrected chi connectivity index (χ2v) is 11.7. The van der Waals surface area contributed by atoms with E-state index in [1.54, 1.807) is 26.3 Å². The van der Waals surface area contributed by atoms with E-state index in [9.17, 15) is 9.59 Å². The van der Waals surface area contributed by atoms with Crippen molar-refractivity contribution in [2.45, 2.75) is 78.4 Å². The first-order valence-corrected chi connectivity index (χ1v) is 15.5. The van der Waals surface area contributed by atoms with Crippen LogP contribution in [0.4, 0.5) is 10.5 Å². The van der Waals surface area contributed by atoms with Gasteiger partial charge in [0.05, 0.1) is 29.9 Å². The third kappa shape index (κ3) is 7.79. The van der Waals surface area contributed by atoms with Gasteiger partial charge in [-0.15, -0.1) is 0 Å². The Labute approximate surface area is 256 Å². The number of piperazine rings is 1. The monoisotopic (exact) mass is 592 g/mol. The Kier molecular flexibility index (Phi) is 10.9. The van der Waals surface area contributed by atoms with Crippen LogP contribution in [0.5, 0.6) is 5.75 Å². The van der Waals surface area contributed by atoms with Crippen molar-refractivity contribution in [2.24, 2.45) is 16.6 Å². The molecule has 3 N–H and O–H groups in total. The highest BCUT2D eigenvalue weighted by Gasteiger charge is 2.32. The van der Waals surface area contributed by atoms with Crippen LogP contribution in [0.25, 0.3) is 5.70 Å². The molecule has 4 rings (SSSR count). The fourth-order valence-corrected chi connectivity index (χ4v) is 6.34. The summed E-state index contributed by atoms with van der Waals surface area (Å²) in [4.78, 5) is 35.2. The number of hydrogen-bond donors (Lipinski definition) is 2. The number of nitrogens with two attached hydrogens (primary N) is 1. The van der Waals surface area contributed by atoms with Gasteiger partial charge in [0.15, 0.2) is 0 Å². The number of amides is 2. The molecule has 1 atom stereocenters. The molecule has 2 fully saturated rings. The van der Waals surface area contributed by atoms with E-state index in [1.807, 2.05) is 37.1 Å². The predicted molar refractivity (Wildman–Crippen MR) is 171 cm³/mol. The molecule has 0 radical (unpaired) electrons. The summed E-state index contributed by atoms with van der Waals surface area (Å²) >= 11 is 0. The van der Waals surface area contributed by atoms with Gasteiger partial charge in [0.1, 0.15) is 11.9 Å². The number of ether oxygens (including phenoxy) is 2. The minimum Gasteiger partial charge on any atom is -0.495 e. The summed E-state index contributed by atoms with van der Waals surface area (Å²) in [6, 6.07) is 6.00. The smallest absolute Gasteiger partial charge is 0.412 e. The van der Waals surface area contributed by atoms with Gasteiger partial charge in [-0.25, -0.2) is 4.79 Å². The Morgan fingerprint density at radius 3 is 2.49 bits per heavy atom.